The summed E-state index contributed by atoms with van der Waals surface area (Å²) in [6.07, 6.45) is 0. The minimum absolute atomic E-state index is 0. The van der Waals surface area contributed by atoms with E-state index in [0.717, 1.165) is 22.4 Å². The van der Waals surface area contributed by atoms with E-state index < -0.39 is 5.91 Å². The molecule has 0 aliphatic carbocycles. The van der Waals surface area contributed by atoms with Crippen LogP contribution >= 0.6 is 24.0 Å². The summed E-state index contributed by atoms with van der Waals surface area (Å²) in [6, 6.07) is 13.6. The molecular formula is C23H33IN4O4. The average Bonchev–Trinajstić information content (AvgIpc) is 2.76. The van der Waals surface area contributed by atoms with Crippen molar-refractivity contribution in [3.8, 4) is 11.5 Å². The first-order valence-electron chi connectivity index (χ1n) is 10.3. The molecule has 0 unspecified atom stereocenters. The number of carbonyl (C=O) groups is 1. The number of nitrogens with zero attached hydrogens (tertiary/aromatic N) is 1. The number of halogens is 1. The van der Waals surface area contributed by atoms with E-state index in [1.165, 1.54) is 0 Å². The van der Waals surface area contributed by atoms with Gasteiger partial charge < -0.3 is 30.6 Å². The summed E-state index contributed by atoms with van der Waals surface area (Å²) in [4.78, 5) is 15.2. The van der Waals surface area contributed by atoms with Crippen molar-refractivity contribution in [3.63, 3.8) is 0 Å². The van der Waals surface area contributed by atoms with Crippen LogP contribution in [0.1, 0.15) is 23.6 Å². The third-order valence-corrected chi connectivity index (χ3v) is 4.32. The molecule has 0 aromatic heterocycles. The third-order valence-electron chi connectivity index (χ3n) is 4.32. The van der Waals surface area contributed by atoms with E-state index in [1.54, 1.807) is 13.1 Å². The van der Waals surface area contributed by atoms with Gasteiger partial charge in [-0.1, -0.05) is 24.3 Å². The van der Waals surface area contributed by atoms with Gasteiger partial charge in [-0.25, -0.2) is 0 Å². The monoisotopic (exact) mass is 556 g/mol. The van der Waals surface area contributed by atoms with E-state index in [1.807, 2.05) is 44.2 Å². The summed E-state index contributed by atoms with van der Waals surface area (Å²) >= 11 is 0. The lowest BCUT2D eigenvalue weighted by Crippen LogP contribution is -2.36. The minimum atomic E-state index is -0.509. The summed E-state index contributed by atoms with van der Waals surface area (Å²) in [5, 5.41) is 6.58. The van der Waals surface area contributed by atoms with Crippen LogP contribution in [0.2, 0.25) is 0 Å². The lowest BCUT2D eigenvalue weighted by molar-refractivity contribution is -0.119. The van der Waals surface area contributed by atoms with Gasteiger partial charge in [-0.05, 0) is 43.2 Å². The fraction of sp³-hybridized carbons (Fsp3) is 0.391. The molecule has 8 nitrogen and oxygen atoms in total. The van der Waals surface area contributed by atoms with Crippen LogP contribution in [0.25, 0.3) is 0 Å². The number of aliphatic imine (C=N–C) groups is 1. The van der Waals surface area contributed by atoms with E-state index >= 15 is 0 Å². The first kappa shape index (κ1) is 27.5. The maximum absolute atomic E-state index is 10.9. The number of hydrogen-bond acceptors (Lipinski definition) is 5. The topological polar surface area (TPSA) is 107 Å². The Hall–Kier alpha value is -2.53. The zero-order valence-electron chi connectivity index (χ0n) is 18.8. The second kappa shape index (κ2) is 15.3. The van der Waals surface area contributed by atoms with Crippen LogP contribution in [-0.4, -0.2) is 45.3 Å². The standard InChI is InChI=1S/C23H32N4O4.HI/c1-4-29-10-11-30-21-12-17(2)8-9-19(21)15-27-23(25-3)26-14-18-6-5-7-20(13-18)31-16-22(24)28;/h5-9,12-13H,4,10-11,14-16H2,1-3H3,(H2,24,28)(H2,25,26,27);1H. The zero-order chi connectivity index (χ0) is 22.5. The number of guanidine groups is 1. The van der Waals surface area contributed by atoms with E-state index in [2.05, 4.69) is 21.7 Å². The van der Waals surface area contributed by atoms with Crippen LogP contribution in [0, 0.1) is 6.92 Å². The average molecular weight is 556 g/mol. The molecule has 1 amide bonds. The summed E-state index contributed by atoms with van der Waals surface area (Å²) in [5.41, 5.74) is 8.28. The number of carbonyl (C=O) groups excluding carboxylic acids is 1. The molecule has 0 radical (unpaired) electrons. The van der Waals surface area contributed by atoms with E-state index in [4.69, 9.17) is 19.9 Å². The van der Waals surface area contributed by atoms with Gasteiger partial charge in [0, 0.05) is 32.3 Å². The number of amides is 1. The first-order chi connectivity index (χ1) is 15.0. The molecule has 0 saturated heterocycles. The summed E-state index contributed by atoms with van der Waals surface area (Å²) in [7, 11) is 1.72. The predicted octanol–water partition coefficient (Wildman–Crippen LogP) is 2.76. The van der Waals surface area contributed by atoms with Crippen molar-refractivity contribution in [2.75, 3.05) is 33.5 Å². The molecular weight excluding hydrogens is 523 g/mol. The Labute approximate surface area is 206 Å². The van der Waals surface area contributed by atoms with Crippen molar-refractivity contribution in [3.05, 3.63) is 59.2 Å². The Morgan fingerprint density at radius 1 is 1.06 bits per heavy atom. The number of ether oxygens (including phenoxy) is 3. The normalized spacial score (nSPS) is 10.8. The lowest BCUT2D eigenvalue weighted by Gasteiger charge is -2.16. The summed E-state index contributed by atoms with van der Waals surface area (Å²) in [6.45, 7) is 6.69. The number of rotatable bonds is 12. The van der Waals surface area contributed by atoms with Gasteiger partial charge in [0.05, 0.1) is 6.61 Å². The molecule has 0 saturated carbocycles. The zero-order valence-corrected chi connectivity index (χ0v) is 21.2. The number of primary amides is 1. The lowest BCUT2D eigenvalue weighted by atomic mass is 10.1. The highest BCUT2D eigenvalue weighted by molar-refractivity contribution is 14.0. The van der Waals surface area contributed by atoms with E-state index in [0.29, 0.717) is 44.6 Å². The maximum atomic E-state index is 10.9. The second-order valence-electron chi connectivity index (χ2n) is 6.84. The van der Waals surface area contributed by atoms with E-state index in [-0.39, 0.29) is 30.6 Å². The fourth-order valence-corrected chi connectivity index (χ4v) is 2.78. The molecule has 0 aliphatic heterocycles. The molecule has 176 valence electrons. The first-order valence-corrected chi connectivity index (χ1v) is 10.3. The Morgan fingerprint density at radius 2 is 1.84 bits per heavy atom. The van der Waals surface area contributed by atoms with Crippen molar-refractivity contribution in [1.29, 1.82) is 0 Å². The van der Waals surface area contributed by atoms with Gasteiger partial charge in [0.2, 0.25) is 0 Å². The van der Waals surface area contributed by atoms with Gasteiger partial charge in [-0.3, -0.25) is 9.79 Å². The van der Waals surface area contributed by atoms with Crippen molar-refractivity contribution in [1.82, 2.24) is 10.6 Å². The maximum Gasteiger partial charge on any atom is 0.255 e. The number of benzene rings is 2. The Bertz CT molecular complexity index is 877. The molecule has 2 aromatic rings. The molecule has 0 spiro atoms. The highest BCUT2D eigenvalue weighted by Gasteiger charge is 2.07. The molecule has 0 bridgehead atoms. The van der Waals surface area contributed by atoms with Gasteiger partial charge in [0.15, 0.2) is 12.6 Å². The van der Waals surface area contributed by atoms with Crippen molar-refractivity contribution in [2.45, 2.75) is 26.9 Å². The molecule has 0 atom stereocenters. The summed E-state index contributed by atoms with van der Waals surface area (Å²) < 4.78 is 16.6. The second-order valence-corrected chi connectivity index (χ2v) is 6.84. The quantitative estimate of drug-likeness (QED) is 0.161. The van der Waals surface area contributed by atoms with Gasteiger partial charge in [0.25, 0.3) is 5.91 Å². The third kappa shape index (κ3) is 10.2. The SMILES string of the molecule is CCOCCOc1cc(C)ccc1CNC(=NC)NCc1cccc(OCC(N)=O)c1.I. The fourth-order valence-electron chi connectivity index (χ4n) is 2.78. The van der Waals surface area contributed by atoms with Crippen LogP contribution in [0.15, 0.2) is 47.5 Å². The highest BCUT2D eigenvalue weighted by Crippen LogP contribution is 2.20. The van der Waals surface area contributed by atoms with Crippen LogP contribution in [0.5, 0.6) is 11.5 Å². The van der Waals surface area contributed by atoms with Crippen LogP contribution in [0.3, 0.4) is 0 Å². The molecule has 0 aliphatic rings. The predicted molar refractivity (Wildman–Crippen MR) is 137 cm³/mol. The summed E-state index contributed by atoms with van der Waals surface area (Å²) in [5.74, 6) is 1.58. The Kier molecular flexibility index (Phi) is 13.2. The largest absolute Gasteiger partial charge is 0.491 e. The molecule has 2 rings (SSSR count). The van der Waals surface area contributed by atoms with Crippen molar-refractivity contribution < 1.29 is 19.0 Å². The number of hydrogen-bond donors (Lipinski definition) is 3. The van der Waals surface area contributed by atoms with Crippen molar-refractivity contribution >= 4 is 35.8 Å². The molecule has 0 heterocycles. The molecule has 9 heteroatoms. The molecule has 2 aromatic carbocycles. The van der Waals surface area contributed by atoms with Crippen LogP contribution < -0.4 is 25.8 Å². The van der Waals surface area contributed by atoms with Crippen molar-refractivity contribution in [2.24, 2.45) is 10.7 Å². The number of aryl methyl sites for hydroxylation is 1. The number of nitrogens with one attached hydrogen (secondary N) is 2. The molecule has 32 heavy (non-hydrogen) atoms. The minimum Gasteiger partial charge on any atom is -0.491 e. The van der Waals surface area contributed by atoms with Crippen LogP contribution in [0.4, 0.5) is 0 Å². The van der Waals surface area contributed by atoms with E-state index in [9.17, 15) is 4.79 Å². The highest BCUT2D eigenvalue weighted by atomic mass is 127. The molecule has 0 fully saturated rings. The van der Waals surface area contributed by atoms with Gasteiger partial charge in [-0.2, -0.15) is 0 Å². The molecule has 4 N–H and O–H groups in total. The van der Waals surface area contributed by atoms with Crippen LogP contribution in [-0.2, 0) is 22.6 Å². The number of nitrogens with two attached hydrogens (primary N) is 1. The Balaban J connectivity index is 0.00000512. The van der Waals surface area contributed by atoms with Gasteiger partial charge >= 0.3 is 0 Å². The smallest absolute Gasteiger partial charge is 0.255 e. The Morgan fingerprint density at radius 3 is 2.56 bits per heavy atom. The van der Waals surface area contributed by atoms with Gasteiger partial charge in [-0.15, -0.1) is 24.0 Å². The van der Waals surface area contributed by atoms with Gasteiger partial charge in [0.1, 0.15) is 18.1 Å².